The van der Waals surface area contributed by atoms with Gasteiger partial charge in [-0.05, 0) is 66.9 Å². The van der Waals surface area contributed by atoms with Gasteiger partial charge in [0.1, 0.15) is 5.75 Å². The van der Waals surface area contributed by atoms with E-state index in [4.69, 9.17) is 18.9 Å². The first-order chi connectivity index (χ1) is 21.4. The van der Waals surface area contributed by atoms with Crippen LogP contribution in [0.15, 0.2) is 72.8 Å². The molecular weight excluding hydrogens is 558 g/mol. The molecule has 238 valence electrons. The number of para-hydroxylation sites is 1. The summed E-state index contributed by atoms with van der Waals surface area (Å²) in [4.78, 5) is 12.2. The third kappa shape index (κ3) is 11.9. The molecule has 0 spiro atoms. The predicted molar refractivity (Wildman–Crippen MR) is 173 cm³/mol. The fraction of sp³-hybridized carbons (Fsp3) is 0.457. The average Bonchev–Trinajstić information content (AvgIpc) is 3.01. The summed E-state index contributed by atoms with van der Waals surface area (Å²) in [5, 5.41) is 19.6. The number of amides is 2. The van der Waals surface area contributed by atoms with Crippen LogP contribution < -0.4 is 20.7 Å². The van der Waals surface area contributed by atoms with E-state index in [2.05, 4.69) is 16.0 Å². The minimum Gasteiger partial charge on any atom is -0.463 e. The minimum atomic E-state index is -0.614. The highest BCUT2D eigenvalue weighted by Crippen LogP contribution is 2.32. The first kappa shape index (κ1) is 33.4. The molecule has 0 aromatic heterocycles. The lowest BCUT2D eigenvalue weighted by Gasteiger charge is -2.33. The molecule has 4 rings (SSSR count). The van der Waals surface area contributed by atoms with E-state index in [1.807, 2.05) is 86.6 Å². The van der Waals surface area contributed by atoms with Crippen molar-refractivity contribution in [3.63, 3.8) is 0 Å². The number of carbonyl (C=O) groups is 1. The second kappa shape index (κ2) is 17.7. The van der Waals surface area contributed by atoms with Gasteiger partial charge in [-0.15, -0.1) is 0 Å². The zero-order chi connectivity index (χ0) is 31.0. The Hall–Kier alpha value is -3.47. The summed E-state index contributed by atoms with van der Waals surface area (Å²) in [6.07, 6.45) is 5.01. The van der Waals surface area contributed by atoms with E-state index in [0.29, 0.717) is 38.7 Å². The van der Waals surface area contributed by atoms with Gasteiger partial charge in [-0.3, -0.25) is 0 Å². The molecule has 3 aromatic rings. The zero-order valence-corrected chi connectivity index (χ0v) is 26.0. The number of unbranched alkanes of at least 4 members (excludes halogenated alkanes) is 4. The Kier molecular flexibility index (Phi) is 13.5. The first-order valence-electron chi connectivity index (χ1n) is 15.6. The molecule has 1 aliphatic heterocycles. The van der Waals surface area contributed by atoms with Crippen LogP contribution >= 0.6 is 0 Å². The lowest BCUT2D eigenvalue weighted by Crippen LogP contribution is -2.35. The molecule has 1 heterocycles. The van der Waals surface area contributed by atoms with Gasteiger partial charge in [-0.2, -0.15) is 0 Å². The number of hydrogen-bond acceptors (Lipinski definition) is 7. The molecule has 0 radical (unpaired) electrons. The molecule has 1 aliphatic rings. The van der Waals surface area contributed by atoms with Crippen molar-refractivity contribution in [2.24, 2.45) is 0 Å². The molecule has 44 heavy (non-hydrogen) atoms. The van der Waals surface area contributed by atoms with Crippen LogP contribution in [0.2, 0.25) is 0 Å². The molecule has 0 saturated carbocycles. The van der Waals surface area contributed by atoms with Crippen molar-refractivity contribution in [2.45, 2.75) is 71.1 Å². The number of aliphatic hydroxyl groups is 1. The van der Waals surface area contributed by atoms with E-state index < -0.39 is 11.9 Å². The standard InChI is InChI=1S/C35H47N3O6/c1-35(2)43-26-29-23-28(16-17-33(29)44-35)32(39)24-36-18-9-4-3-5-10-19-41-20-21-42-25-27-12-11-15-31(22-27)38-34(40)37-30-13-7-6-8-14-30/h6-8,11-17,22-23,32,36,39H,3-5,9-10,18-21,24-26H2,1-2H3,(H2,37,38,40)/t32-/m1/s1. The number of rotatable bonds is 18. The summed E-state index contributed by atoms with van der Waals surface area (Å²) in [7, 11) is 0. The topological polar surface area (TPSA) is 110 Å². The van der Waals surface area contributed by atoms with Gasteiger partial charge in [0.2, 0.25) is 5.79 Å². The van der Waals surface area contributed by atoms with Crippen LogP contribution in [0.3, 0.4) is 0 Å². The van der Waals surface area contributed by atoms with Crippen LogP contribution in [0.25, 0.3) is 0 Å². The maximum Gasteiger partial charge on any atom is 0.323 e. The Balaban J connectivity index is 0.953. The Morgan fingerprint density at radius 3 is 2.48 bits per heavy atom. The van der Waals surface area contributed by atoms with E-state index >= 15 is 0 Å². The van der Waals surface area contributed by atoms with E-state index in [-0.39, 0.29) is 6.03 Å². The largest absolute Gasteiger partial charge is 0.463 e. The molecular formula is C35H47N3O6. The number of nitrogens with one attached hydrogen (secondary N) is 3. The van der Waals surface area contributed by atoms with Crippen LogP contribution in [-0.4, -0.2) is 49.8 Å². The Morgan fingerprint density at radius 2 is 1.61 bits per heavy atom. The smallest absolute Gasteiger partial charge is 0.323 e. The summed E-state index contributed by atoms with van der Waals surface area (Å²) in [6.45, 7) is 7.97. The summed E-state index contributed by atoms with van der Waals surface area (Å²) < 4.78 is 23.0. The molecule has 2 amide bonds. The van der Waals surface area contributed by atoms with Crippen molar-refractivity contribution in [3.05, 3.63) is 89.5 Å². The van der Waals surface area contributed by atoms with Crippen LogP contribution in [0.5, 0.6) is 5.75 Å². The van der Waals surface area contributed by atoms with Gasteiger partial charge in [0, 0.05) is 43.9 Å². The van der Waals surface area contributed by atoms with Crippen molar-refractivity contribution < 1.29 is 28.8 Å². The zero-order valence-electron chi connectivity index (χ0n) is 26.0. The van der Waals surface area contributed by atoms with E-state index in [1.165, 1.54) is 6.42 Å². The number of anilines is 2. The highest BCUT2D eigenvalue weighted by molar-refractivity contribution is 5.99. The number of urea groups is 1. The van der Waals surface area contributed by atoms with Gasteiger partial charge in [0.05, 0.1) is 32.5 Å². The summed E-state index contributed by atoms with van der Waals surface area (Å²) >= 11 is 0. The average molecular weight is 606 g/mol. The van der Waals surface area contributed by atoms with E-state index in [0.717, 1.165) is 67.0 Å². The van der Waals surface area contributed by atoms with Crippen LogP contribution in [0.4, 0.5) is 16.2 Å². The Bertz CT molecular complexity index is 1290. The Labute approximate surface area is 261 Å². The lowest BCUT2D eigenvalue weighted by atomic mass is 10.0. The number of benzene rings is 3. The van der Waals surface area contributed by atoms with Gasteiger partial charge >= 0.3 is 6.03 Å². The van der Waals surface area contributed by atoms with Crippen LogP contribution in [0.1, 0.15) is 68.7 Å². The number of fused-ring (bicyclic) bond motifs is 1. The summed E-state index contributed by atoms with van der Waals surface area (Å²) in [6, 6.07) is 22.5. The second-order valence-electron chi connectivity index (χ2n) is 11.5. The monoisotopic (exact) mass is 605 g/mol. The molecule has 0 saturated heterocycles. The van der Waals surface area contributed by atoms with Crippen LogP contribution in [0, 0.1) is 0 Å². The maximum absolute atomic E-state index is 12.2. The summed E-state index contributed by atoms with van der Waals surface area (Å²) in [5.74, 6) is 0.208. The number of carbonyl (C=O) groups excluding carboxylic acids is 1. The number of hydrogen-bond donors (Lipinski definition) is 4. The quantitative estimate of drug-likeness (QED) is 0.118. The maximum atomic E-state index is 12.2. The molecule has 0 bridgehead atoms. The van der Waals surface area contributed by atoms with Crippen molar-refractivity contribution in [1.29, 1.82) is 0 Å². The van der Waals surface area contributed by atoms with Crippen molar-refractivity contribution in [3.8, 4) is 5.75 Å². The van der Waals surface area contributed by atoms with Gasteiger partial charge in [0.15, 0.2) is 0 Å². The highest BCUT2D eigenvalue weighted by atomic mass is 16.7. The molecule has 0 fully saturated rings. The highest BCUT2D eigenvalue weighted by Gasteiger charge is 2.27. The van der Waals surface area contributed by atoms with Crippen molar-refractivity contribution >= 4 is 17.4 Å². The normalized spacial score (nSPS) is 14.3. The molecule has 1 atom stereocenters. The van der Waals surface area contributed by atoms with Crippen molar-refractivity contribution in [2.75, 3.05) is 43.5 Å². The fourth-order valence-electron chi connectivity index (χ4n) is 4.87. The Morgan fingerprint density at radius 1 is 0.864 bits per heavy atom. The SMILES string of the molecule is CC1(C)OCc2cc([C@H](O)CNCCCCCCCOCCOCc3cccc(NC(=O)Nc4ccccc4)c3)ccc2O1. The number of ether oxygens (including phenoxy) is 4. The van der Waals surface area contributed by atoms with Gasteiger partial charge in [0.25, 0.3) is 0 Å². The fourth-order valence-corrected chi connectivity index (χ4v) is 4.87. The van der Waals surface area contributed by atoms with E-state index in [1.54, 1.807) is 0 Å². The third-order valence-electron chi connectivity index (χ3n) is 7.24. The molecule has 9 heteroatoms. The molecule has 9 nitrogen and oxygen atoms in total. The minimum absolute atomic E-state index is 0.284. The van der Waals surface area contributed by atoms with Gasteiger partial charge < -0.3 is 40.0 Å². The third-order valence-corrected chi connectivity index (χ3v) is 7.24. The predicted octanol–water partition coefficient (Wildman–Crippen LogP) is 6.78. The van der Waals surface area contributed by atoms with Crippen LogP contribution in [-0.2, 0) is 27.4 Å². The van der Waals surface area contributed by atoms with Gasteiger partial charge in [-0.1, -0.05) is 55.7 Å². The van der Waals surface area contributed by atoms with E-state index in [9.17, 15) is 9.90 Å². The first-order valence-corrected chi connectivity index (χ1v) is 15.6. The van der Waals surface area contributed by atoms with Gasteiger partial charge in [-0.25, -0.2) is 4.79 Å². The van der Waals surface area contributed by atoms with Crippen molar-refractivity contribution in [1.82, 2.24) is 5.32 Å². The lowest BCUT2D eigenvalue weighted by molar-refractivity contribution is -0.180. The summed E-state index contributed by atoms with van der Waals surface area (Å²) in [5.41, 5.74) is 4.29. The number of aliphatic hydroxyl groups excluding tert-OH is 1. The molecule has 0 aliphatic carbocycles. The second-order valence-corrected chi connectivity index (χ2v) is 11.5. The molecule has 0 unspecified atom stereocenters. The molecule has 4 N–H and O–H groups in total. The molecule has 3 aromatic carbocycles.